The standard InChI is InChI=1S/C30H27N3O/c1-3-31-30(25-7-5-4-6-8-25)26-15-19-28(20-16-26)33-32-27-17-11-23(12-18-27)9-10-24-13-21-29(34-2)22-14-24/h4-22H,3H2,1-2H3. The van der Waals surface area contributed by atoms with Crippen LogP contribution in [0.2, 0.25) is 0 Å². The second-order valence-electron chi connectivity index (χ2n) is 7.63. The van der Waals surface area contributed by atoms with E-state index in [1.165, 1.54) is 0 Å². The Bertz CT molecular complexity index is 1270. The number of hydrogen-bond acceptors (Lipinski definition) is 4. The highest BCUT2D eigenvalue weighted by Gasteiger charge is 2.06. The molecular formula is C30H27N3O. The minimum absolute atomic E-state index is 0.733. The number of methoxy groups -OCH3 is 1. The fraction of sp³-hybridized carbons (Fsp3) is 0.100. The summed E-state index contributed by atoms with van der Waals surface area (Å²) in [6.45, 7) is 2.78. The molecule has 168 valence electrons. The van der Waals surface area contributed by atoms with Crippen LogP contribution in [0, 0.1) is 0 Å². The molecule has 0 aliphatic rings. The summed E-state index contributed by atoms with van der Waals surface area (Å²) < 4.78 is 5.20. The van der Waals surface area contributed by atoms with Crippen LogP contribution in [-0.4, -0.2) is 19.4 Å². The third-order valence-electron chi connectivity index (χ3n) is 5.26. The molecule has 0 unspecified atom stereocenters. The van der Waals surface area contributed by atoms with E-state index in [0.29, 0.717) is 0 Å². The van der Waals surface area contributed by atoms with Crippen molar-refractivity contribution in [2.24, 2.45) is 15.2 Å². The Morgan fingerprint density at radius 1 is 0.647 bits per heavy atom. The molecule has 4 rings (SSSR count). The molecule has 0 bridgehead atoms. The smallest absolute Gasteiger partial charge is 0.118 e. The van der Waals surface area contributed by atoms with Gasteiger partial charge < -0.3 is 4.74 Å². The number of hydrogen-bond donors (Lipinski definition) is 0. The Kier molecular flexibility index (Phi) is 7.75. The maximum atomic E-state index is 5.20. The molecule has 0 aromatic heterocycles. The van der Waals surface area contributed by atoms with E-state index in [1.54, 1.807) is 7.11 Å². The van der Waals surface area contributed by atoms with Gasteiger partial charge in [-0.05, 0) is 54.4 Å². The highest BCUT2D eigenvalue weighted by molar-refractivity contribution is 6.13. The van der Waals surface area contributed by atoms with E-state index in [2.05, 4.69) is 39.5 Å². The van der Waals surface area contributed by atoms with Crippen LogP contribution in [0.15, 0.2) is 118 Å². The molecule has 0 saturated carbocycles. The molecule has 4 aromatic carbocycles. The first-order chi connectivity index (χ1) is 16.7. The van der Waals surface area contributed by atoms with Crippen molar-refractivity contribution in [1.29, 1.82) is 0 Å². The molecule has 0 aliphatic carbocycles. The molecule has 4 heteroatoms. The van der Waals surface area contributed by atoms with Gasteiger partial charge in [-0.2, -0.15) is 10.2 Å². The van der Waals surface area contributed by atoms with Gasteiger partial charge in [0, 0.05) is 17.7 Å². The normalized spacial score (nSPS) is 11.9. The number of rotatable bonds is 8. The van der Waals surface area contributed by atoms with Crippen LogP contribution in [0.5, 0.6) is 5.75 Å². The molecule has 0 radical (unpaired) electrons. The molecule has 0 atom stereocenters. The average molecular weight is 446 g/mol. The minimum Gasteiger partial charge on any atom is -0.497 e. The summed E-state index contributed by atoms with van der Waals surface area (Å²) in [6, 6.07) is 34.2. The molecule has 0 N–H and O–H groups in total. The van der Waals surface area contributed by atoms with Gasteiger partial charge in [0.05, 0.1) is 24.2 Å². The first-order valence-electron chi connectivity index (χ1n) is 11.3. The maximum Gasteiger partial charge on any atom is 0.118 e. The molecule has 0 amide bonds. The maximum absolute atomic E-state index is 5.20. The van der Waals surface area contributed by atoms with Crippen LogP contribution < -0.4 is 4.74 Å². The lowest BCUT2D eigenvalue weighted by Crippen LogP contribution is -2.03. The molecule has 34 heavy (non-hydrogen) atoms. The Morgan fingerprint density at radius 2 is 1.15 bits per heavy atom. The zero-order valence-electron chi connectivity index (χ0n) is 19.4. The van der Waals surface area contributed by atoms with E-state index in [9.17, 15) is 0 Å². The molecular weight excluding hydrogens is 418 g/mol. The van der Waals surface area contributed by atoms with Crippen molar-refractivity contribution in [3.05, 3.63) is 125 Å². The first kappa shape index (κ1) is 22.9. The van der Waals surface area contributed by atoms with E-state index in [4.69, 9.17) is 4.74 Å². The van der Waals surface area contributed by atoms with Crippen molar-refractivity contribution in [1.82, 2.24) is 0 Å². The second-order valence-corrected chi connectivity index (χ2v) is 7.63. The van der Waals surface area contributed by atoms with E-state index in [0.717, 1.165) is 51.6 Å². The zero-order valence-corrected chi connectivity index (χ0v) is 19.4. The Hall–Kier alpha value is -4.31. The van der Waals surface area contributed by atoms with Gasteiger partial charge in [-0.25, -0.2) is 0 Å². The number of azo groups is 1. The summed E-state index contributed by atoms with van der Waals surface area (Å²) in [7, 11) is 1.67. The predicted octanol–water partition coefficient (Wildman–Crippen LogP) is 8.14. The quantitative estimate of drug-likeness (QED) is 0.153. The minimum atomic E-state index is 0.733. The lowest BCUT2D eigenvalue weighted by molar-refractivity contribution is 0.415. The van der Waals surface area contributed by atoms with Crippen LogP contribution in [0.4, 0.5) is 11.4 Å². The van der Waals surface area contributed by atoms with E-state index in [1.807, 2.05) is 97.9 Å². The highest BCUT2D eigenvalue weighted by Crippen LogP contribution is 2.21. The van der Waals surface area contributed by atoms with Gasteiger partial charge in [-0.3, -0.25) is 4.99 Å². The largest absolute Gasteiger partial charge is 0.497 e. The Morgan fingerprint density at radius 3 is 1.68 bits per heavy atom. The molecule has 4 aromatic rings. The average Bonchev–Trinajstić information content (AvgIpc) is 2.91. The molecule has 4 nitrogen and oxygen atoms in total. The predicted molar refractivity (Wildman–Crippen MR) is 142 cm³/mol. The fourth-order valence-electron chi connectivity index (χ4n) is 3.46. The van der Waals surface area contributed by atoms with Gasteiger partial charge in [-0.15, -0.1) is 0 Å². The Balaban J connectivity index is 1.41. The molecule has 0 saturated heterocycles. The van der Waals surface area contributed by atoms with E-state index in [-0.39, 0.29) is 0 Å². The van der Waals surface area contributed by atoms with Gasteiger partial charge in [0.1, 0.15) is 5.75 Å². The molecule has 0 fully saturated rings. The topological polar surface area (TPSA) is 46.3 Å². The lowest BCUT2D eigenvalue weighted by atomic mass is 10.0. The molecule has 0 heterocycles. The van der Waals surface area contributed by atoms with E-state index >= 15 is 0 Å². The van der Waals surface area contributed by atoms with Gasteiger partial charge >= 0.3 is 0 Å². The van der Waals surface area contributed by atoms with E-state index < -0.39 is 0 Å². The van der Waals surface area contributed by atoms with Gasteiger partial charge in [0.15, 0.2) is 0 Å². The van der Waals surface area contributed by atoms with Crippen LogP contribution in [0.1, 0.15) is 29.2 Å². The third-order valence-corrected chi connectivity index (χ3v) is 5.26. The summed E-state index contributed by atoms with van der Waals surface area (Å²) in [4.78, 5) is 4.69. The number of benzene rings is 4. The van der Waals surface area contributed by atoms with Gasteiger partial charge in [0.25, 0.3) is 0 Å². The number of ether oxygens (including phenoxy) is 1. The number of aliphatic imine (C=N–C) groups is 1. The van der Waals surface area contributed by atoms with Crippen LogP contribution in [0.3, 0.4) is 0 Å². The monoisotopic (exact) mass is 445 g/mol. The SMILES string of the molecule is CCN=C(c1ccccc1)c1ccc(N=Nc2ccc(C=Cc3ccc(OC)cc3)cc2)cc1. The summed E-state index contributed by atoms with van der Waals surface area (Å²) >= 11 is 0. The fourth-order valence-corrected chi connectivity index (χ4v) is 3.46. The van der Waals surface area contributed by atoms with Crippen molar-refractivity contribution in [3.8, 4) is 5.75 Å². The Labute approximate surface area is 201 Å². The van der Waals surface area contributed by atoms with Crippen LogP contribution >= 0.6 is 0 Å². The van der Waals surface area contributed by atoms with Gasteiger partial charge in [-0.1, -0.05) is 78.9 Å². The highest BCUT2D eigenvalue weighted by atomic mass is 16.5. The van der Waals surface area contributed by atoms with Crippen molar-refractivity contribution < 1.29 is 4.74 Å². The summed E-state index contributed by atoms with van der Waals surface area (Å²) in [6.07, 6.45) is 4.15. The van der Waals surface area contributed by atoms with Crippen LogP contribution in [-0.2, 0) is 0 Å². The molecule has 0 spiro atoms. The van der Waals surface area contributed by atoms with Gasteiger partial charge in [0.2, 0.25) is 0 Å². The van der Waals surface area contributed by atoms with Crippen molar-refractivity contribution in [2.75, 3.05) is 13.7 Å². The molecule has 0 aliphatic heterocycles. The summed E-state index contributed by atoms with van der Waals surface area (Å²) in [5, 5.41) is 8.77. The number of nitrogens with zero attached hydrogens (tertiary/aromatic N) is 3. The van der Waals surface area contributed by atoms with Crippen LogP contribution in [0.25, 0.3) is 12.2 Å². The summed E-state index contributed by atoms with van der Waals surface area (Å²) in [5.41, 5.74) is 7.00. The first-order valence-corrected chi connectivity index (χ1v) is 11.3. The van der Waals surface area contributed by atoms with Crippen molar-refractivity contribution >= 4 is 29.2 Å². The van der Waals surface area contributed by atoms with Crippen molar-refractivity contribution in [3.63, 3.8) is 0 Å². The lowest BCUT2D eigenvalue weighted by Gasteiger charge is -2.07. The summed E-state index contributed by atoms with van der Waals surface area (Å²) in [5.74, 6) is 0.854. The van der Waals surface area contributed by atoms with Crippen molar-refractivity contribution in [2.45, 2.75) is 6.92 Å². The third kappa shape index (κ3) is 6.14. The zero-order chi connectivity index (χ0) is 23.6. The second kappa shape index (κ2) is 11.5.